The van der Waals surface area contributed by atoms with Gasteiger partial charge in [0, 0.05) is 12.1 Å². The predicted molar refractivity (Wildman–Crippen MR) is 80.6 cm³/mol. The lowest BCUT2D eigenvalue weighted by Crippen LogP contribution is -2.23. The molecule has 0 saturated heterocycles. The summed E-state index contributed by atoms with van der Waals surface area (Å²) in [7, 11) is 0. The van der Waals surface area contributed by atoms with Gasteiger partial charge in [-0.3, -0.25) is 4.79 Å². The second kappa shape index (κ2) is 7.17. The molecular weight excluding hydrogens is 307 g/mol. The van der Waals surface area contributed by atoms with Crippen LogP contribution in [0.1, 0.15) is 29.3 Å². The van der Waals surface area contributed by atoms with Gasteiger partial charge in [0.05, 0.1) is 5.56 Å². The van der Waals surface area contributed by atoms with Crippen molar-refractivity contribution in [2.75, 3.05) is 6.54 Å². The summed E-state index contributed by atoms with van der Waals surface area (Å²) in [6.07, 6.45) is -3.62. The van der Waals surface area contributed by atoms with Crippen LogP contribution >= 0.6 is 0 Å². The van der Waals surface area contributed by atoms with Crippen molar-refractivity contribution in [1.82, 2.24) is 5.32 Å². The van der Waals surface area contributed by atoms with Crippen LogP contribution in [0.25, 0.3) is 0 Å². The largest absolute Gasteiger partial charge is 0.457 e. The summed E-state index contributed by atoms with van der Waals surface area (Å²) in [6.45, 7) is 2.49. The number of carbonyl (C=O) groups excluding carboxylic acids is 1. The summed E-state index contributed by atoms with van der Waals surface area (Å²) >= 11 is 0. The molecule has 122 valence electrons. The summed E-state index contributed by atoms with van der Waals surface area (Å²) in [5, 5.41) is 2.73. The average Bonchev–Trinajstić information content (AvgIpc) is 2.52. The molecular formula is C17H16F3NO2. The van der Waals surface area contributed by atoms with E-state index in [2.05, 4.69) is 5.32 Å². The Hall–Kier alpha value is -2.50. The summed E-state index contributed by atoms with van der Waals surface area (Å²) in [5.74, 6) is 0.112. The molecule has 0 atom stereocenters. The minimum absolute atomic E-state index is 0.0611. The molecule has 6 heteroatoms. The number of hydrogen-bond donors (Lipinski definition) is 1. The monoisotopic (exact) mass is 323 g/mol. The molecule has 0 spiro atoms. The van der Waals surface area contributed by atoms with E-state index >= 15 is 0 Å². The average molecular weight is 323 g/mol. The van der Waals surface area contributed by atoms with Crippen molar-refractivity contribution in [3.8, 4) is 11.5 Å². The molecule has 0 fully saturated rings. The van der Waals surface area contributed by atoms with E-state index in [4.69, 9.17) is 4.74 Å². The van der Waals surface area contributed by atoms with Gasteiger partial charge in [-0.15, -0.1) is 0 Å². The molecule has 0 unspecified atom stereocenters. The molecule has 2 aromatic carbocycles. The van der Waals surface area contributed by atoms with E-state index < -0.39 is 11.7 Å². The van der Waals surface area contributed by atoms with Crippen molar-refractivity contribution < 1.29 is 22.7 Å². The van der Waals surface area contributed by atoms with Crippen LogP contribution in [0, 0.1) is 0 Å². The molecule has 0 aliphatic rings. The summed E-state index contributed by atoms with van der Waals surface area (Å²) in [5.41, 5.74) is -0.394. The van der Waals surface area contributed by atoms with E-state index in [1.54, 1.807) is 18.2 Å². The Balaban J connectivity index is 2.16. The fraction of sp³-hybridized carbons (Fsp3) is 0.235. The fourth-order valence-electron chi connectivity index (χ4n) is 1.91. The maximum Gasteiger partial charge on any atom is 0.416 e. The molecule has 1 N–H and O–H groups in total. The minimum atomic E-state index is -4.43. The highest BCUT2D eigenvalue weighted by Gasteiger charge is 2.30. The van der Waals surface area contributed by atoms with Crippen LogP contribution in [0.5, 0.6) is 11.5 Å². The fourth-order valence-corrected chi connectivity index (χ4v) is 1.91. The third-order valence-corrected chi connectivity index (χ3v) is 3.03. The van der Waals surface area contributed by atoms with Crippen LogP contribution in [0.4, 0.5) is 13.2 Å². The SMILES string of the molecule is CCCNC(=O)c1cccc(Oc2cccc(C(F)(F)F)c2)c1. The van der Waals surface area contributed by atoms with Gasteiger partial charge in [0.2, 0.25) is 0 Å². The number of alkyl halides is 3. The zero-order valence-corrected chi connectivity index (χ0v) is 12.5. The van der Waals surface area contributed by atoms with Gasteiger partial charge >= 0.3 is 6.18 Å². The summed E-state index contributed by atoms with van der Waals surface area (Å²) in [4.78, 5) is 11.9. The smallest absolute Gasteiger partial charge is 0.416 e. The van der Waals surface area contributed by atoms with E-state index in [-0.39, 0.29) is 11.7 Å². The first kappa shape index (κ1) is 16.9. The minimum Gasteiger partial charge on any atom is -0.457 e. The molecule has 2 rings (SSSR count). The molecule has 3 nitrogen and oxygen atoms in total. The number of benzene rings is 2. The summed E-state index contributed by atoms with van der Waals surface area (Å²) in [6, 6.07) is 10.9. The second-order valence-corrected chi connectivity index (χ2v) is 4.91. The number of hydrogen-bond acceptors (Lipinski definition) is 2. The van der Waals surface area contributed by atoms with Crippen LogP contribution in [0.2, 0.25) is 0 Å². The van der Waals surface area contributed by atoms with Crippen molar-refractivity contribution in [3.63, 3.8) is 0 Å². The number of halogens is 3. The van der Waals surface area contributed by atoms with Crippen LogP contribution in [-0.4, -0.2) is 12.5 Å². The van der Waals surface area contributed by atoms with Crippen molar-refractivity contribution in [2.24, 2.45) is 0 Å². The number of amides is 1. The molecule has 0 aliphatic carbocycles. The molecule has 0 aromatic heterocycles. The zero-order chi connectivity index (χ0) is 16.9. The van der Waals surface area contributed by atoms with Gasteiger partial charge in [0.1, 0.15) is 11.5 Å². The highest BCUT2D eigenvalue weighted by atomic mass is 19.4. The Morgan fingerprint density at radius 3 is 2.39 bits per heavy atom. The van der Waals surface area contributed by atoms with Gasteiger partial charge < -0.3 is 10.1 Å². The molecule has 1 amide bonds. The molecule has 0 radical (unpaired) electrons. The van der Waals surface area contributed by atoms with Crippen molar-refractivity contribution in [2.45, 2.75) is 19.5 Å². The summed E-state index contributed by atoms with van der Waals surface area (Å²) < 4.78 is 43.5. The molecule has 0 bridgehead atoms. The highest BCUT2D eigenvalue weighted by Crippen LogP contribution is 2.32. The van der Waals surface area contributed by atoms with Crippen LogP contribution < -0.4 is 10.1 Å². The highest BCUT2D eigenvalue weighted by molar-refractivity contribution is 5.94. The van der Waals surface area contributed by atoms with E-state index in [9.17, 15) is 18.0 Å². The van der Waals surface area contributed by atoms with Gasteiger partial charge in [0.25, 0.3) is 5.91 Å². The van der Waals surface area contributed by atoms with E-state index in [1.165, 1.54) is 18.2 Å². The maximum absolute atomic E-state index is 12.7. The number of ether oxygens (including phenoxy) is 1. The third-order valence-electron chi connectivity index (χ3n) is 3.03. The van der Waals surface area contributed by atoms with Crippen LogP contribution in [0.3, 0.4) is 0 Å². The first-order chi connectivity index (χ1) is 10.9. The molecule has 0 aliphatic heterocycles. The Kier molecular flexibility index (Phi) is 5.26. The quantitative estimate of drug-likeness (QED) is 0.870. The lowest BCUT2D eigenvalue weighted by molar-refractivity contribution is -0.137. The predicted octanol–water partition coefficient (Wildman–Crippen LogP) is 4.64. The Bertz CT molecular complexity index is 684. The van der Waals surface area contributed by atoms with E-state index in [1.807, 2.05) is 6.92 Å². The van der Waals surface area contributed by atoms with E-state index in [0.717, 1.165) is 18.6 Å². The van der Waals surface area contributed by atoms with Crippen LogP contribution in [0.15, 0.2) is 48.5 Å². The lowest BCUT2D eigenvalue weighted by Gasteiger charge is -2.11. The van der Waals surface area contributed by atoms with Crippen molar-refractivity contribution >= 4 is 5.91 Å². The molecule has 0 saturated carbocycles. The van der Waals surface area contributed by atoms with Gasteiger partial charge in [-0.2, -0.15) is 13.2 Å². The molecule has 23 heavy (non-hydrogen) atoms. The Morgan fingerprint density at radius 1 is 1.09 bits per heavy atom. The third kappa shape index (κ3) is 4.74. The second-order valence-electron chi connectivity index (χ2n) is 4.91. The normalized spacial score (nSPS) is 11.1. The Labute approximate surface area is 132 Å². The number of rotatable bonds is 5. The van der Waals surface area contributed by atoms with Gasteiger partial charge in [-0.25, -0.2) is 0 Å². The van der Waals surface area contributed by atoms with Gasteiger partial charge in [0.15, 0.2) is 0 Å². The first-order valence-corrected chi connectivity index (χ1v) is 7.13. The number of carbonyl (C=O) groups is 1. The molecule has 0 heterocycles. The zero-order valence-electron chi connectivity index (χ0n) is 12.5. The van der Waals surface area contributed by atoms with Crippen molar-refractivity contribution in [3.05, 3.63) is 59.7 Å². The maximum atomic E-state index is 12.7. The topological polar surface area (TPSA) is 38.3 Å². The standard InChI is InChI=1S/C17H16F3NO2/c1-2-9-21-16(22)12-5-3-7-14(10-12)23-15-8-4-6-13(11-15)17(18,19)20/h3-8,10-11H,2,9H2,1H3,(H,21,22). The van der Waals surface area contributed by atoms with Crippen LogP contribution in [-0.2, 0) is 6.18 Å². The van der Waals surface area contributed by atoms with Crippen molar-refractivity contribution in [1.29, 1.82) is 0 Å². The number of nitrogens with one attached hydrogen (secondary N) is 1. The molecule has 2 aromatic rings. The Morgan fingerprint density at radius 2 is 1.74 bits per heavy atom. The van der Waals surface area contributed by atoms with E-state index in [0.29, 0.717) is 17.9 Å². The van der Waals surface area contributed by atoms with Gasteiger partial charge in [-0.1, -0.05) is 19.1 Å². The first-order valence-electron chi connectivity index (χ1n) is 7.13. The lowest BCUT2D eigenvalue weighted by atomic mass is 10.2. The van der Waals surface area contributed by atoms with Gasteiger partial charge in [-0.05, 0) is 42.8 Å².